The molecule has 0 bridgehead atoms. The van der Waals surface area contributed by atoms with E-state index in [-0.39, 0.29) is 22.9 Å². The fourth-order valence-corrected chi connectivity index (χ4v) is 3.52. The summed E-state index contributed by atoms with van der Waals surface area (Å²) < 4.78 is 33.6. The van der Waals surface area contributed by atoms with Crippen LogP contribution in [-0.2, 0) is 4.74 Å². The Morgan fingerprint density at radius 3 is 2.81 bits per heavy atom. The third-order valence-electron chi connectivity index (χ3n) is 4.88. The van der Waals surface area contributed by atoms with Crippen molar-refractivity contribution < 1.29 is 13.5 Å². The Bertz CT molecular complexity index is 885. The molecule has 1 N–H and O–H groups in total. The van der Waals surface area contributed by atoms with Crippen molar-refractivity contribution in [3.63, 3.8) is 0 Å². The van der Waals surface area contributed by atoms with E-state index in [1.54, 1.807) is 0 Å². The molecule has 0 amide bonds. The summed E-state index contributed by atoms with van der Waals surface area (Å²) in [5.74, 6) is -0.968. The molecule has 1 aromatic heterocycles. The lowest BCUT2D eigenvalue weighted by molar-refractivity contribution is -0.00219. The lowest BCUT2D eigenvalue weighted by atomic mass is 10.00. The Balaban J connectivity index is 1.57. The summed E-state index contributed by atoms with van der Waals surface area (Å²) in [7, 11) is 0. The molecular formula is C18H18ClF2N3O2. The van der Waals surface area contributed by atoms with Crippen LogP contribution in [0.25, 0.3) is 5.69 Å². The van der Waals surface area contributed by atoms with E-state index >= 15 is 0 Å². The van der Waals surface area contributed by atoms with Crippen LogP contribution in [0.5, 0.6) is 0 Å². The van der Waals surface area contributed by atoms with Crippen molar-refractivity contribution in [2.75, 3.05) is 11.9 Å². The number of nitrogens with one attached hydrogen (secondary N) is 1. The molecule has 4 rings (SSSR count). The average Bonchev–Trinajstić information content (AvgIpc) is 3.46. The maximum absolute atomic E-state index is 13.9. The van der Waals surface area contributed by atoms with Crippen LogP contribution in [0.3, 0.4) is 0 Å². The monoisotopic (exact) mass is 381 g/mol. The third-order valence-corrected chi connectivity index (χ3v) is 5.24. The largest absolute Gasteiger partial charge is 0.379 e. The second-order valence-electron chi connectivity index (χ2n) is 6.80. The van der Waals surface area contributed by atoms with Crippen LogP contribution in [0.15, 0.2) is 29.2 Å². The van der Waals surface area contributed by atoms with Crippen LogP contribution in [0.1, 0.15) is 25.7 Å². The van der Waals surface area contributed by atoms with Gasteiger partial charge in [0, 0.05) is 18.7 Å². The van der Waals surface area contributed by atoms with Gasteiger partial charge in [0.25, 0.3) is 5.56 Å². The number of rotatable bonds is 4. The van der Waals surface area contributed by atoms with E-state index in [2.05, 4.69) is 10.4 Å². The van der Waals surface area contributed by atoms with Crippen LogP contribution < -0.4 is 10.9 Å². The van der Waals surface area contributed by atoms with Gasteiger partial charge in [-0.3, -0.25) is 4.79 Å². The van der Waals surface area contributed by atoms with Crippen LogP contribution in [0.4, 0.5) is 14.5 Å². The summed E-state index contributed by atoms with van der Waals surface area (Å²) >= 11 is 6.20. The lowest BCUT2D eigenvalue weighted by Crippen LogP contribution is -2.36. The molecular weight excluding hydrogens is 364 g/mol. The zero-order valence-electron chi connectivity index (χ0n) is 13.9. The zero-order chi connectivity index (χ0) is 18.3. The Morgan fingerprint density at radius 1 is 1.27 bits per heavy atom. The van der Waals surface area contributed by atoms with E-state index < -0.39 is 17.2 Å². The van der Waals surface area contributed by atoms with Gasteiger partial charge < -0.3 is 10.1 Å². The first-order valence-electron chi connectivity index (χ1n) is 8.64. The predicted octanol–water partition coefficient (Wildman–Crippen LogP) is 3.53. The van der Waals surface area contributed by atoms with Gasteiger partial charge in [-0.2, -0.15) is 9.78 Å². The topological polar surface area (TPSA) is 56.1 Å². The number of nitrogens with zero attached hydrogens (tertiary/aromatic N) is 2. The van der Waals surface area contributed by atoms with Gasteiger partial charge in [0.15, 0.2) is 5.82 Å². The first-order valence-corrected chi connectivity index (χ1v) is 9.02. The van der Waals surface area contributed by atoms with Crippen molar-refractivity contribution >= 4 is 17.3 Å². The molecule has 2 atom stereocenters. The van der Waals surface area contributed by atoms with E-state index in [1.807, 2.05) is 0 Å². The maximum atomic E-state index is 13.9. The second-order valence-corrected chi connectivity index (χ2v) is 7.18. The summed E-state index contributed by atoms with van der Waals surface area (Å²) in [6.07, 6.45) is 5.74. The Labute approximate surface area is 153 Å². The normalized spacial score (nSPS) is 23.0. The Kier molecular flexibility index (Phi) is 4.67. The quantitative estimate of drug-likeness (QED) is 0.880. The molecule has 8 heteroatoms. The van der Waals surface area contributed by atoms with Crippen LogP contribution in [0, 0.1) is 17.6 Å². The minimum Gasteiger partial charge on any atom is -0.379 e. The number of ether oxygens (including phenoxy) is 1. The van der Waals surface area contributed by atoms with Gasteiger partial charge in [0.2, 0.25) is 0 Å². The molecule has 1 aromatic carbocycles. The fourth-order valence-electron chi connectivity index (χ4n) is 3.33. The molecule has 5 nitrogen and oxygen atoms in total. The predicted molar refractivity (Wildman–Crippen MR) is 93.9 cm³/mol. The third kappa shape index (κ3) is 3.46. The van der Waals surface area contributed by atoms with E-state index in [0.717, 1.165) is 29.7 Å². The van der Waals surface area contributed by atoms with Gasteiger partial charge >= 0.3 is 0 Å². The molecule has 1 aliphatic carbocycles. The van der Waals surface area contributed by atoms with Gasteiger partial charge in [-0.1, -0.05) is 11.6 Å². The number of anilines is 1. The molecule has 2 heterocycles. The number of halogens is 3. The van der Waals surface area contributed by atoms with Crippen molar-refractivity contribution in [1.82, 2.24) is 9.78 Å². The summed E-state index contributed by atoms with van der Waals surface area (Å²) in [6, 6.07) is 3.06. The van der Waals surface area contributed by atoms with Crippen LogP contribution >= 0.6 is 11.6 Å². The molecule has 0 radical (unpaired) electrons. The summed E-state index contributed by atoms with van der Waals surface area (Å²) in [5, 5.41) is 7.19. The van der Waals surface area contributed by atoms with Crippen molar-refractivity contribution in [3.05, 3.63) is 51.4 Å². The van der Waals surface area contributed by atoms with Crippen molar-refractivity contribution in [1.29, 1.82) is 0 Å². The second kappa shape index (κ2) is 6.96. The van der Waals surface area contributed by atoms with E-state index in [9.17, 15) is 13.6 Å². The van der Waals surface area contributed by atoms with E-state index in [4.69, 9.17) is 16.3 Å². The molecule has 0 spiro atoms. The SMILES string of the molecule is O=c1c(Cl)c(NC2CCOC(C3CC3)C2)cnn1-c1ccc(F)cc1F. The van der Waals surface area contributed by atoms with Gasteiger partial charge in [-0.15, -0.1) is 0 Å². The van der Waals surface area contributed by atoms with Gasteiger partial charge in [-0.25, -0.2) is 8.78 Å². The molecule has 26 heavy (non-hydrogen) atoms. The molecule has 138 valence electrons. The Hall–Kier alpha value is -1.99. The minimum atomic E-state index is -0.881. The smallest absolute Gasteiger partial charge is 0.292 e. The molecule has 1 aliphatic heterocycles. The first kappa shape index (κ1) is 17.4. The molecule has 2 aliphatic rings. The number of hydrogen-bond acceptors (Lipinski definition) is 4. The summed E-state index contributed by atoms with van der Waals surface area (Å²) in [4.78, 5) is 12.5. The molecule has 2 aromatic rings. The molecule has 1 saturated carbocycles. The number of hydrogen-bond donors (Lipinski definition) is 1. The highest BCUT2D eigenvalue weighted by Crippen LogP contribution is 2.38. The summed E-state index contributed by atoms with van der Waals surface area (Å²) in [5.41, 5.74) is -0.394. The lowest BCUT2D eigenvalue weighted by Gasteiger charge is -2.31. The average molecular weight is 382 g/mol. The number of benzene rings is 1. The van der Waals surface area contributed by atoms with Crippen LogP contribution in [-0.4, -0.2) is 28.5 Å². The van der Waals surface area contributed by atoms with Gasteiger partial charge in [0.1, 0.15) is 16.5 Å². The highest BCUT2D eigenvalue weighted by molar-refractivity contribution is 6.32. The zero-order valence-corrected chi connectivity index (χ0v) is 14.7. The first-order chi connectivity index (χ1) is 12.5. The highest BCUT2D eigenvalue weighted by Gasteiger charge is 2.36. The van der Waals surface area contributed by atoms with Gasteiger partial charge in [0.05, 0.1) is 18.0 Å². The fraction of sp³-hybridized carbons (Fsp3) is 0.444. The number of aromatic nitrogens is 2. The summed E-state index contributed by atoms with van der Waals surface area (Å²) in [6.45, 7) is 0.668. The molecule has 2 unspecified atom stereocenters. The Morgan fingerprint density at radius 2 is 2.08 bits per heavy atom. The molecule has 1 saturated heterocycles. The standard InChI is InChI=1S/C18H18ClF2N3O2/c19-17-14(23-12-5-6-26-16(8-12)10-1-2-10)9-22-24(18(17)25)15-4-3-11(20)7-13(15)21/h3-4,7,9-10,12,16,23H,1-2,5-6,8H2. The van der Waals surface area contributed by atoms with Crippen molar-refractivity contribution in [2.24, 2.45) is 5.92 Å². The van der Waals surface area contributed by atoms with Gasteiger partial charge in [-0.05, 0) is 43.7 Å². The van der Waals surface area contributed by atoms with Crippen LogP contribution in [0.2, 0.25) is 5.02 Å². The molecule has 2 fully saturated rings. The maximum Gasteiger partial charge on any atom is 0.292 e. The van der Waals surface area contributed by atoms with E-state index in [0.29, 0.717) is 24.3 Å². The highest BCUT2D eigenvalue weighted by atomic mass is 35.5. The van der Waals surface area contributed by atoms with E-state index in [1.165, 1.54) is 19.0 Å². The van der Waals surface area contributed by atoms with Crippen molar-refractivity contribution in [2.45, 2.75) is 37.8 Å². The minimum absolute atomic E-state index is 0.0711. The van der Waals surface area contributed by atoms with Crippen molar-refractivity contribution in [3.8, 4) is 5.69 Å².